The average molecular weight is 547 g/mol. The van der Waals surface area contributed by atoms with Crippen molar-refractivity contribution in [1.29, 1.82) is 0 Å². The van der Waals surface area contributed by atoms with Crippen LogP contribution in [0.1, 0.15) is 47.1 Å². The molecule has 5 rings (SSSR count). The summed E-state index contributed by atoms with van der Waals surface area (Å²) in [6, 6.07) is 13.0. The number of benzene rings is 1. The van der Waals surface area contributed by atoms with E-state index in [9.17, 15) is 9.59 Å². The molecule has 4 heterocycles. The molecule has 0 aliphatic carbocycles. The molecule has 2 aromatic heterocycles. The summed E-state index contributed by atoms with van der Waals surface area (Å²) in [5.41, 5.74) is 3.21. The average Bonchev–Trinajstić information content (AvgIpc) is 3.39. The predicted octanol–water partition coefficient (Wildman–Crippen LogP) is 4.22. The van der Waals surface area contributed by atoms with Crippen molar-refractivity contribution in [3.63, 3.8) is 0 Å². The first-order valence-electron chi connectivity index (χ1n) is 14.1. The van der Waals surface area contributed by atoms with Crippen LogP contribution in [-0.2, 0) is 13.0 Å². The minimum absolute atomic E-state index is 0.197. The van der Waals surface area contributed by atoms with E-state index in [0.29, 0.717) is 24.3 Å². The molecule has 0 radical (unpaired) electrons. The molecule has 0 spiro atoms. The van der Waals surface area contributed by atoms with E-state index in [1.807, 2.05) is 37.3 Å². The number of carbonyl (C=O) groups excluding carboxylic acids is 2. The fourth-order valence-corrected chi connectivity index (χ4v) is 5.07. The van der Waals surface area contributed by atoms with Gasteiger partial charge in [-0.05, 0) is 62.5 Å². The number of rotatable bonds is 8. The number of anilines is 1. The van der Waals surface area contributed by atoms with Gasteiger partial charge in [0.2, 0.25) is 5.88 Å². The minimum Gasteiger partial charge on any atom is -0.391 e. The second kappa shape index (κ2) is 13.1. The van der Waals surface area contributed by atoms with E-state index < -0.39 is 6.09 Å². The molecule has 40 heavy (non-hydrogen) atoms. The topological polar surface area (TPSA) is 104 Å². The van der Waals surface area contributed by atoms with Crippen LogP contribution in [0, 0.1) is 12.8 Å². The van der Waals surface area contributed by atoms with Gasteiger partial charge in [-0.1, -0.05) is 24.2 Å². The molecule has 0 bridgehead atoms. The Morgan fingerprint density at radius 3 is 2.40 bits per heavy atom. The zero-order valence-corrected chi connectivity index (χ0v) is 23.3. The second-order valence-corrected chi connectivity index (χ2v) is 10.9. The Labute approximate surface area is 235 Å². The molecule has 10 heteroatoms. The lowest BCUT2D eigenvalue weighted by molar-refractivity contribution is 0.102. The van der Waals surface area contributed by atoms with Crippen molar-refractivity contribution in [2.24, 2.45) is 5.92 Å². The van der Waals surface area contributed by atoms with Crippen LogP contribution in [0.4, 0.5) is 10.5 Å². The lowest BCUT2D eigenvalue weighted by Crippen LogP contribution is -2.49. The lowest BCUT2D eigenvalue weighted by Gasteiger charge is -2.33. The molecule has 0 atom stereocenters. The Hall–Kier alpha value is -3.76. The summed E-state index contributed by atoms with van der Waals surface area (Å²) >= 11 is 0. The van der Waals surface area contributed by atoms with Crippen LogP contribution in [0.25, 0.3) is 0 Å². The molecule has 10 nitrogen and oxygen atoms in total. The molecule has 2 aliphatic rings. The quantitative estimate of drug-likeness (QED) is 0.448. The molecule has 0 saturated carbocycles. The maximum absolute atomic E-state index is 12.7. The van der Waals surface area contributed by atoms with E-state index in [2.05, 4.69) is 32.2 Å². The van der Waals surface area contributed by atoms with Gasteiger partial charge >= 0.3 is 6.09 Å². The third-order valence-corrected chi connectivity index (χ3v) is 7.67. The van der Waals surface area contributed by atoms with Gasteiger partial charge in [-0.3, -0.25) is 14.6 Å². The number of amides is 2. The molecule has 2 aliphatic heterocycles. The van der Waals surface area contributed by atoms with E-state index in [-0.39, 0.29) is 11.8 Å². The Morgan fingerprint density at radius 2 is 1.75 bits per heavy atom. The fraction of sp³-hybridized carbons (Fsp3) is 0.467. The van der Waals surface area contributed by atoms with Gasteiger partial charge in [-0.25, -0.2) is 9.78 Å². The molecular weight excluding hydrogens is 508 g/mol. The van der Waals surface area contributed by atoms with Crippen LogP contribution in [0.15, 0.2) is 53.2 Å². The van der Waals surface area contributed by atoms with Gasteiger partial charge in [0.15, 0.2) is 0 Å². The zero-order chi connectivity index (χ0) is 27.9. The number of carbonyl (C=O) groups is 2. The highest BCUT2D eigenvalue weighted by Gasteiger charge is 2.23. The minimum atomic E-state index is -0.422. The Kier molecular flexibility index (Phi) is 9.08. The van der Waals surface area contributed by atoms with Crippen molar-refractivity contribution >= 4 is 17.7 Å². The van der Waals surface area contributed by atoms with E-state index >= 15 is 0 Å². The lowest BCUT2D eigenvalue weighted by atomic mass is 9.99. The third kappa shape index (κ3) is 7.67. The number of aromatic nitrogens is 2. The van der Waals surface area contributed by atoms with Crippen molar-refractivity contribution in [2.75, 3.05) is 51.1 Å². The number of piperidine rings is 1. The molecule has 1 aromatic carbocycles. The van der Waals surface area contributed by atoms with Gasteiger partial charge in [0, 0.05) is 63.4 Å². The highest BCUT2D eigenvalue weighted by atomic mass is 16.6. The Bertz CT molecular complexity index is 1260. The summed E-state index contributed by atoms with van der Waals surface area (Å²) in [4.78, 5) is 36.0. The maximum Gasteiger partial charge on any atom is 0.416 e. The Morgan fingerprint density at radius 1 is 1.00 bits per heavy atom. The van der Waals surface area contributed by atoms with Crippen LogP contribution in [0.5, 0.6) is 5.88 Å². The predicted molar refractivity (Wildman–Crippen MR) is 151 cm³/mol. The molecule has 3 aromatic rings. The largest absolute Gasteiger partial charge is 0.416 e. The first kappa shape index (κ1) is 27.8. The Balaban J connectivity index is 1.04. The van der Waals surface area contributed by atoms with Crippen LogP contribution in [-0.4, -0.2) is 82.7 Å². The van der Waals surface area contributed by atoms with E-state index in [0.717, 1.165) is 63.1 Å². The van der Waals surface area contributed by atoms with Crippen molar-refractivity contribution in [2.45, 2.75) is 39.7 Å². The monoisotopic (exact) mass is 546 g/mol. The number of piperazine rings is 1. The SMILES string of the molecule is Cc1cc(CCN2CCN(C(=O)Oc3ccc(NC(=O)c4ccc(CN5CCC(C)CC5)cc4)cn3)CC2)on1. The summed E-state index contributed by atoms with van der Waals surface area (Å²) in [6.45, 7) is 10.9. The summed E-state index contributed by atoms with van der Waals surface area (Å²) in [5.74, 6) is 1.68. The van der Waals surface area contributed by atoms with Crippen molar-refractivity contribution in [3.8, 4) is 5.88 Å². The first-order valence-corrected chi connectivity index (χ1v) is 14.1. The number of aryl methyl sites for hydroxylation is 1. The van der Waals surface area contributed by atoms with Crippen LogP contribution < -0.4 is 10.1 Å². The number of likely N-dealkylation sites (tertiary alicyclic amines) is 1. The maximum atomic E-state index is 12.7. The molecule has 1 N–H and O–H groups in total. The van der Waals surface area contributed by atoms with Crippen LogP contribution in [0.2, 0.25) is 0 Å². The molecule has 2 saturated heterocycles. The summed E-state index contributed by atoms with van der Waals surface area (Å²) in [7, 11) is 0. The number of ether oxygens (including phenoxy) is 1. The van der Waals surface area contributed by atoms with Crippen molar-refractivity contribution in [3.05, 3.63) is 71.2 Å². The summed E-state index contributed by atoms with van der Waals surface area (Å²) in [5, 5.41) is 6.78. The van der Waals surface area contributed by atoms with Crippen LogP contribution in [0.3, 0.4) is 0 Å². The number of nitrogens with one attached hydrogen (secondary N) is 1. The standard InChI is InChI=1S/C30H38N6O4/c1-22-9-12-35(13-10-22)21-24-3-5-25(6-4-24)29(37)32-26-7-8-28(31-20-26)39-30(38)36-17-15-34(16-18-36)14-11-27-19-23(2)33-40-27/h3-8,19-20,22H,9-18,21H2,1-2H3,(H,32,37). The van der Waals surface area contributed by atoms with Crippen molar-refractivity contribution in [1.82, 2.24) is 24.8 Å². The molecule has 2 amide bonds. The highest BCUT2D eigenvalue weighted by molar-refractivity contribution is 6.04. The van der Waals surface area contributed by atoms with Crippen molar-refractivity contribution < 1.29 is 18.8 Å². The van der Waals surface area contributed by atoms with Crippen LogP contribution >= 0.6 is 0 Å². The molecule has 2 fully saturated rings. The number of hydrogen-bond acceptors (Lipinski definition) is 8. The van der Waals surface area contributed by atoms with Gasteiger partial charge in [-0.15, -0.1) is 0 Å². The normalized spacial score (nSPS) is 17.1. The molecular formula is C30H38N6O4. The third-order valence-electron chi connectivity index (χ3n) is 7.67. The second-order valence-electron chi connectivity index (χ2n) is 10.9. The van der Waals surface area contributed by atoms with E-state index in [1.54, 1.807) is 17.0 Å². The summed E-state index contributed by atoms with van der Waals surface area (Å²) in [6.07, 6.45) is 4.36. The van der Waals surface area contributed by atoms with E-state index in [1.165, 1.54) is 24.6 Å². The number of nitrogens with zero attached hydrogens (tertiary/aromatic N) is 5. The molecule has 0 unspecified atom stereocenters. The van der Waals surface area contributed by atoms with E-state index in [4.69, 9.17) is 9.26 Å². The number of pyridine rings is 1. The smallest absolute Gasteiger partial charge is 0.391 e. The summed E-state index contributed by atoms with van der Waals surface area (Å²) < 4.78 is 10.7. The highest BCUT2D eigenvalue weighted by Crippen LogP contribution is 2.19. The van der Waals surface area contributed by atoms with Gasteiger partial charge in [0.1, 0.15) is 5.76 Å². The molecule has 212 valence electrons. The fourth-order valence-electron chi connectivity index (χ4n) is 5.07. The van der Waals surface area contributed by atoms with Gasteiger partial charge in [-0.2, -0.15) is 0 Å². The first-order chi connectivity index (χ1) is 19.4. The van der Waals surface area contributed by atoms with Gasteiger partial charge < -0.3 is 19.5 Å². The van der Waals surface area contributed by atoms with Gasteiger partial charge in [0.05, 0.1) is 17.6 Å². The zero-order valence-electron chi connectivity index (χ0n) is 23.3. The van der Waals surface area contributed by atoms with Gasteiger partial charge in [0.25, 0.3) is 5.91 Å². The number of hydrogen-bond donors (Lipinski definition) is 1.